The number of unbranched alkanes of at least 4 members (excludes halogenated alkanes) is 1. The van der Waals surface area contributed by atoms with Crippen LogP contribution >= 0.6 is 0 Å². The third-order valence-electron chi connectivity index (χ3n) is 2.61. The van der Waals surface area contributed by atoms with Crippen LogP contribution in [-0.2, 0) is 14.3 Å². The smallest absolute Gasteiger partial charge is 0.330 e. The summed E-state index contributed by atoms with van der Waals surface area (Å²) in [5, 5.41) is 0. The Bertz CT molecular complexity index is 209. The van der Waals surface area contributed by atoms with E-state index in [2.05, 4.69) is 6.58 Å². The van der Waals surface area contributed by atoms with Crippen LogP contribution in [0.1, 0.15) is 39.0 Å². The van der Waals surface area contributed by atoms with Gasteiger partial charge in [0.1, 0.15) is 6.10 Å². The molecule has 2 unspecified atom stereocenters. The van der Waals surface area contributed by atoms with E-state index in [0.717, 1.165) is 38.7 Å². The highest BCUT2D eigenvalue weighted by Gasteiger charge is 2.21. The first-order valence-electron chi connectivity index (χ1n) is 5.71. The Kier molecular flexibility index (Phi) is 5.40. The number of hydrogen-bond donors (Lipinski definition) is 0. The Labute approximate surface area is 91.4 Å². The lowest BCUT2D eigenvalue weighted by molar-refractivity contribution is -0.143. The summed E-state index contributed by atoms with van der Waals surface area (Å²) in [6, 6.07) is 0. The van der Waals surface area contributed by atoms with Crippen LogP contribution in [0, 0.1) is 0 Å². The van der Waals surface area contributed by atoms with E-state index in [4.69, 9.17) is 9.47 Å². The first-order chi connectivity index (χ1) is 7.26. The lowest BCUT2D eigenvalue weighted by Crippen LogP contribution is -2.15. The highest BCUT2D eigenvalue weighted by Crippen LogP contribution is 2.18. The van der Waals surface area contributed by atoms with Crippen molar-refractivity contribution in [1.82, 2.24) is 0 Å². The number of carbonyl (C=O) groups excluding carboxylic acids is 1. The van der Waals surface area contributed by atoms with E-state index in [-0.39, 0.29) is 12.1 Å². The zero-order valence-corrected chi connectivity index (χ0v) is 9.41. The molecule has 1 heterocycles. The second-order valence-electron chi connectivity index (χ2n) is 3.91. The summed E-state index contributed by atoms with van der Waals surface area (Å²) in [5.74, 6) is -0.313. The minimum Gasteiger partial charge on any atom is -0.459 e. The van der Waals surface area contributed by atoms with E-state index in [9.17, 15) is 4.79 Å². The van der Waals surface area contributed by atoms with Crippen molar-refractivity contribution in [3.63, 3.8) is 0 Å². The van der Waals surface area contributed by atoms with Crippen molar-refractivity contribution in [1.29, 1.82) is 0 Å². The highest BCUT2D eigenvalue weighted by atomic mass is 16.6. The molecular weight excluding hydrogens is 192 g/mol. The molecule has 1 rings (SSSR count). The molecule has 0 bridgehead atoms. The molecule has 15 heavy (non-hydrogen) atoms. The van der Waals surface area contributed by atoms with Gasteiger partial charge < -0.3 is 9.47 Å². The molecule has 2 atom stereocenters. The van der Waals surface area contributed by atoms with Gasteiger partial charge >= 0.3 is 5.97 Å². The van der Waals surface area contributed by atoms with Gasteiger partial charge in [0.15, 0.2) is 0 Å². The Hall–Kier alpha value is -0.830. The van der Waals surface area contributed by atoms with Crippen molar-refractivity contribution in [2.24, 2.45) is 0 Å². The van der Waals surface area contributed by atoms with Crippen LogP contribution in [-0.4, -0.2) is 24.8 Å². The molecule has 3 nitrogen and oxygen atoms in total. The highest BCUT2D eigenvalue weighted by molar-refractivity contribution is 5.81. The van der Waals surface area contributed by atoms with E-state index in [1.54, 1.807) is 0 Å². The van der Waals surface area contributed by atoms with Gasteiger partial charge in [-0.25, -0.2) is 4.79 Å². The maximum atomic E-state index is 11.0. The minimum atomic E-state index is -0.313. The molecule has 0 saturated carbocycles. The summed E-state index contributed by atoms with van der Waals surface area (Å²) >= 11 is 0. The Morgan fingerprint density at radius 1 is 1.67 bits per heavy atom. The molecule has 0 N–H and O–H groups in total. The SMILES string of the molecule is C=CC(=O)OC(CC)CCCCC1CO1. The van der Waals surface area contributed by atoms with Crippen LogP contribution in [0.2, 0.25) is 0 Å². The maximum absolute atomic E-state index is 11.0. The monoisotopic (exact) mass is 212 g/mol. The van der Waals surface area contributed by atoms with E-state index in [0.29, 0.717) is 6.10 Å². The molecular formula is C12H20O3. The van der Waals surface area contributed by atoms with Crippen LogP contribution in [0.25, 0.3) is 0 Å². The lowest BCUT2D eigenvalue weighted by Gasteiger charge is -2.14. The Morgan fingerprint density at radius 3 is 2.93 bits per heavy atom. The fourth-order valence-electron chi connectivity index (χ4n) is 1.54. The van der Waals surface area contributed by atoms with E-state index >= 15 is 0 Å². The van der Waals surface area contributed by atoms with E-state index < -0.39 is 0 Å². The van der Waals surface area contributed by atoms with Gasteiger partial charge in [-0.05, 0) is 25.7 Å². The quantitative estimate of drug-likeness (QED) is 0.268. The molecule has 3 heteroatoms. The van der Waals surface area contributed by atoms with E-state index in [1.165, 1.54) is 6.08 Å². The van der Waals surface area contributed by atoms with Crippen LogP contribution in [0.4, 0.5) is 0 Å². The molecule has 0 aromatic rings. The number of rotatable bonds is 8. The molecule has 0 aromatic heterocycles. The topological polar surface area (TPSA) is 38.8 Å². The number of carbonyl (C=O) groups is 1. The van der Waals surface area contributed by atoms with Gasteiger partial charge in [0, 0.05) is 6.08 Å². The van der Waals surface area contributed by atoms with Gasteiger partial charge in [0.25, 0.3) is 0 Å². The molecule has 1 saturated heterocycles. The fourth-order valence-corrected chi connectivity index (χ4v) is 1.54. The first-order valence-corrected chi connectivity index (χ1v) is 5.71. The van der Waals surface area contributed by atoms with Crippen molar-refractivity contribution >= 4 is 5.97 Å². The third-order valence-corrected chi connectivity index (χ3v) is 2.61. The molecule has 0 aliphatic carbocycles. The van der Waals surface area contributed by atoms with Crippen LogP contribution in [0.3, 0.4) is 0 Å². The predicted octanol–water partition coefficient (Wildman–Crippen LogP) is 2.45. The summed E-state index contributed by atoms with van der Waals surface area (Å²) in [6.07, 6.45) is 7.01. The normalized spacial score (nSPS) is 20.7. The number of esters is 1. The zero-order chi connectivity index (χ0) is 11.1. The van der Waals surface area contributed by atoms with Crippen molar-refractivity contribution in [3.05, 3.63) is 12.7 Å². The third kappa shape index (κ3) is 5.57. The minimum absolute atomic E-state index is 0.0515. The molecule has 0 amide bonds. The first kappa shape index (κ1) is 12.2. The second-order valence-corrected chi connectivity index (χ2v) is 3.91. The van der Waals surface area contributed by atoms with Crippen LogP contribution < -0.4 is 0 Å². The number of epoxide rings is 1. The van der Waals surface area contributed by atoms with Gasteiger partial charge in [0.2, 0.25) is 0 Å². The molecule has 0 radical (unpaired) electrons. The molecule has 1 aliphatic rings. The number of ether oxygens (including phenoxy) is 2. The predicted molar refractivity (Wildman–Crippen MR) is 58.6 cm³/mol. The lowest BCUT2D eigenvalue weighted by atomic mass is 10.1. The summed E-state index contributed by atoms with van der Waals surface area (Å²) in [4.78, 5) is 11.0. The van der Waals surface area contributed by atoms with Gasteiger partial charge in [-0.2, -0.15) is 0 Å². The summed E-state index contributed by atoms with van der Waals surface area (Å²) in [7, 11) is 0. The van der Waals surface area contributed by atoms with Crippen molar-refractivity contribution in [2.75, 3.05) is 6.61 Å². The van der Waals surface area contributed by atoms with Crippen molar-refractivity contribution in [2.45, 2.75) is 51.2 Å². The molecule has 0 spiro atoms. The van der Waals surface area contributed by atoms with Crippen molar-refractivity contribution < 1.29 is 14.3 Å². The largest absolute Gasteiger partial charge is 0.459 e. The average molecular weight is 212 g/mol. The molecule has 86 valence electrons. The Balaban J connectivity index is 2.03. The molecule has 1 fully saturated rings. The average Bonchev–Trinajstić information content (AvgIpc) is 3.06. The van der Waals surface area contributed by atoms with Gasteiger partial charge in [-0.3, -0.25) is 0 Å². The van der Waals surface area contributed by atoms with Crippen molar-refractivity contribution in [3.8, 4) is 0 Å². The van der Waals surface area contributed by atoms with Gasteiger partial charge in [0.05, 0.1) is 12.7 Å². The maximum Gasteiger partial charge on any atom is 0.330 e. The summed E-state index contributed by atoms with van der Waals surface area (Å²) < 4.78 is 10.3. The van der Waals surface area contributed by atoms with Crippen LogP contribution in [0.15, 0.2) is 12.7 Å². The van der Waals surface area contributed by atoms with E-state index in [1.807, 2.05) is 6.92 Å². The van der Waals surface area contributed by atoms with Gasteiger partial charge in [-0.1, -0.05) is 19.9 Å². The standard InChI is InChI=1S/C12H20O3/c1-3-10(15-12(13)4-2)7-5-6-8-11-9-14-11/h4,10-11H,2-3,5-9H2,1H3. The van der Waals surface area contributed by atoms with Crippen LogP contribution in [0.5, 0.6) is 0 Å². The summed E-state index contributed by atoms with van der Waals surface area (Å²) in [6.45, 7) is 6.35. The fraction of sp³-hybridized carbons (Fsp3) is 0.750. The summed E-state index contributed by atoms with van der Waals surface area (Å²) in [5.41, 5.74) is 0. The molecule has 0 aromatic carbocycles. The van der Waals surface area contributed by atoms with Gasteiger partial charge in [-0.15, -0.1) is 0 Å². The molecule has 1 aliphatic heterocycles. The number of hydrogen-bond acceptors (Lipinski definition) is 3. The Morgan fingerprint density at radius 2 is 2.40 bits per heavy atom. The second kappa shape index (κ2) is 6.62. The zero-order valence-electron chi connectivity index (χ0n) is 9.41.